The van der Waals surface area contributed by atoms with E-state index >= 15 is 4.39 Å². The molecule has 2 fully saturated rings. The van der Waals surface area contributed by atoms with Crippen molar-refractivity contribution in [1.29, 1.82) is 0 Å². The summed E-state index contributed by atoms with van der Waals surface area (Å²) in [6.07, 6.45) is 0.250. The Morgan fingerprint density at radius 3 is 2.49 bits per heavy atom. The molecule has 41 heavy (non-hydrogen) atoms. The Balaban J connectivity index is 1.14. The molecule has 5 rings (SSSR count). The first kappa shape index (κ1) is 28.0. The van der Waals surface area contributed by atoms with Crippen LogP contribution < -0.4 is 9.80 Å². The van der Waals surface area contributed by atoms with E-state index in [-0.39, 0.29) is 25.0 Å². The molecule has 10 nitrogen and oxygen atoms in total. The van der Waals surface area contributed by atoms with Crippen molar-refractivity contribution in [3.63, 3.8) is 0 Å². The van der Waals surface area contributed by atoms with Crippen molar-refractivity contribution in [3.05, 3.63) is 78.2 Å². The van der Waals surface area contributed by atoms with E-state index in [1.165, 1.54) is 22.8 Å². The number of carbonyl (C=O) groups is 3. The number of piperazine rings is 1. The molecule has 2 aliphatic rings. The topological polar surface area (TPSA) is 95.5 Å². The summed E-state index contributed by atoms with van der Waals surface area (Å²) in [5.74, 6) is -0.0264. The number of benzene rings is 2. The molecular formula is C30H32FN5O5. The van der Waals surface area contributed by atoms with Crippen molar-refractivity contribution in [1.82, 2.24) is 14.8 Å². The SMILES string of the molecule is CC(=O)N(C)[C@@H]1CN(c2ccc(-c3ccc(N4CCN(C(=O)COCc5ccccc5)CC4)nc3)c(F)c2)C(=O)O1. The molecule has 0 spiro atoms. The number of halogens is 1. The van der Waals surface area contributed by atoms with Gasteiger partial charge >= 0.3 is 6.09 Å². The fraction of sp³-hybridized carbons (Fsp3) is 0.333. The van der Waals surface area contributed by atoms with Crippen LogP contribution >= 0.6 is 0 Å². The first-order valence-electron chi connectivity index (χ1n) is 13.4. The highest BCUT2D eigenvalue weighted by atomic mass is 19.1. The van der Waals surface area contributed by atoms with Crippen molar-refractivity contribution in [2.75, 3.05) is 56.2 Å². The third kappa shape index (κ3) is 6.46. The Kier molecular flexibility index (Phi) is 8.44. The van der Waals surface area contributed by atoms with E-state index in [2.05, 4.69) is 9.88 Å². The number of rotatable bonds is 8. The molecule has 3 amide bonds. The number of carbonyl (C=O) groups excluding carboxylic acids is 3. The summed E-state index contributed by atoms with van der Waals surface area (Å²) in [7, 11) is 1.55. The second kappa shape index (κ2) is 12.3. The molecule has 0 bridgehead atoms. The summed E-state index contributed by atoms with van der Waals surface area (Å²) in [6.45, 7) is 4.33. The minimum atomic E-state index is -0.729. The van der Waals surface area contributed by atoms with Crippen LogP contribution in [0.2, 0.25) is 0 Å². The van der Waals surface area contributed by atoms with Gasteiger partial charge in [-0.15, -0.1) is 0 Å². The highest BCUT2D eigenvalue weighted by Crippen LogP contribution is 2.30. The summed E-state index contributed by atoms with van der Waals surface area (Å²) in [6, 6.07) is 17.9. The number of cyclic esters (lactones) is 1. The summed E-state index contributed by atoms with van der Waals surface area (Å²) in [5, 5.41) is 0. The molecule has 214 valence electrons. The average molecular weight is 562 g/mol. The third-order valence-electron chi connectivity index (χ3n) is 7.34. The van der Waals surface area contributed by atoms with Gasteiger partial charge in [-0.2, -0.15) is 0 Å². The molecule has 2 saturated heterocycles. The minimum absolute atomic E-state index is 0.0357. The number of ether oxygens (including phenoxy) is 2. The monoisotopic (exact) mass is 561 g/mol. The van der Waals surface area contributed by atoms with Gasteiger partial charge in [-0.3, -0.25) is 14.5 Å². The van der Waals surface area contributed by atoms with Gasteiger partial charge < -0.3 is 24.2 Å². The summed E-state index contributed by atoms with van der Waals surface area (Å²) in [4.78, 5) is 47.5. The molecule has 0 saturated carbocycles. The Morgan fingerprint density at radius 2 is 1.83 bits per heavy atom. The van der Waals surface area contributed by atoms with E-state index in [9.17, 15) is 14.4 Å². The highest BCUT2D eigenvalue weighted by Gasteiger charge is 2.36. The molecular weight excluding hydrogens is 529 g/mol. The second-order valence-electron chi connectivity index (χ2n) is 9.99. The molecule has 2 aromatic carbocycles. The average Bonchev–Trinajstić information content (AvgIpc) is 3.38. The molecule has 0 N–H and O–H groups in total. The highest BCUT2D eigenvalue weighted by molar-refractivity contribution is 5.90. The molecule has 11 heteroatoms. The zero-order valence-corrected chi connectivity index (χ0v) is 23.0. The van der Waals surface area contributed by atoms with Gasteiger partial charge in [0.1, 0.15) is 18.2 Å². The van der Waals surface area contributed by atoms with Crippen molar-refractivity contribution in [2.45, 2.75) is 19.8 Å². The maximum absolute atomic E-state index is 15.1. The lowest BCUT2D eigenvalue weighted by atomic mass is 10.1. The van der Waals surface area contributed by atoms with Crippen LogP contribution in [0, 0.1) is 5.82 Å². The standard InChI is InChI=1S/C30H32FN5O5/c1-21(37)33(2)29-18-36(30(39)41-29)24-9-10-25(26(31)16-24)23-8-11-27(32-17-23)34-12-14-35(15-13-34)28(38)20-40-19-22-6-4-3-5-7-22/h3-11,16-17,29H,12-15,18-20H2,1-2H3/t29-/m0/s1. The quantitative estimate of drug-likeness (QED) is 0.415. The van der Waals surface area contributed by atoms with Crippen LogP contribution in [0.4, 0.5) is 20.7 Å². The first-order valence-corrected chi connectivity index (χ1v) is 13.4. The van der Waals surface area contributed by atoms with Crippen LogP contribution in [-0.4, -0.2) is 85.3 Å². The van der Waals surface area contributed by atoms with Crippen LogP contribution in [-0.2, 0) is 25.7 Å². The van der Waals surface area contributed by atoms with Gasteiger partial charge in [0, 0.05) is 57.5 Å². The van der Waals surface area contributed by atoms with Crippen LogP contribution in [0.15, 0.2) is 66.9 Å². The van der Waals surface area contributed by atoms with Crippen molar-refractivity contribution >= 4 is 29.4 Å². The molecule has 3 heterocycles. The van der Waals surface area contributed by atoms with E-state index in [1.54, 1.807) is 36.3 Å². The molecule has 0 radical (unpaired) electrons. The maximum atomic E-state index is 15.1. The zero-order valence-electron chi connectivity index (χ0n) is 23.0. The Morgan fingerprint density at radius 1 is 1.07 bits per heavy atom. The normalized spacial score (nSPS) is 17.0. The van der Waals surface area contributed by atoms with E-state index in [0.717, 1.165) is 11.4 Å². The maximum Gasteiger partial charge on any atom is 0.416 e. The van der Waals surface area contributed by atoms with E-state index < -0.39 is 18.1 Å². The number of hydrogen-bond acceptors (Lipinski definition) is 7. The number of pyridine rings is 1. The van der Waals surface area contributed by atoms with E-state index in [4.69, 9.17) is 9.47 Å². The molecule has 1 atom stereocenters. The summed E-state index contributed by atoms with van der Waals surface area (Å²) >= 11 is 0. The van der Waals surface area contributed by atoms with Gasteiger partial charge in [-0.1, -0.05) is 30.3 Å². The van der Waals surface area contributed by atoms with Crippen LogP contribution in [0.25, 0.3) is 11.1 Å². The van der Waals surface area contributed by atoms with Crippen LogP contribution in [0.5, 0.6) is 0 Å². The second-order valence-corrected chi connectivity index (χ2v) is 9.99. The first-order chi connectivity index (χ1) is 19.8. The lowest BCUT2D eigenvalue weighted by Crippen LogP contribution is -2.50. The van der Waals surface area contributed by atoms with Crippen LogP contribution in [0.1, 0.15) is 12.5 Å². The summed E-state index contributed by atoms with van der Waals surface area (Å²) in [5.41, 5.74) is 2.32. The fourth-order valence-electron chi connectivity index (χ4n) is 4.81. The van der Waals surface area contributed by atoms with Gasteiger partial charge in [0.05, 0.1) is 18.8 Å². The number of nitrogens with zero attached hydrogens (tertiary/aromatic N) is 5. The van der Waals surface area contributed by atoms with E-state index in [1.807, 2.05) is 36.4 Å². The van der Waals surface area contributed by atoms with Crippen molar-refractivity contribution in [2.24, 2.45) is 0 Å². The Hall–Kier alpha value is -4.51. The lowest BCUT2D eigenvalue weighted by molar-refractivity contribution is -0.137. The molecule has 1 aromatic heterocycles. The number of hydrogen-bond donors (Lipinski definition) is 0. The zero-order chi connectivity index (χ0) is 28.9. The largest absolute Gasteiger partial charge is 0.423 e. The number of anilines is 2. The third-order valence-corrected chi connectivity index (χ3v) is 7.34. The fourth-order valence-corrected chi connectivity index (χ4v) is 4.81. The number of aromatic nitrogens is 1. The molecule has 3 aromatic rings. The molecule has 2 aliphatic heterocycles. The van der Waals surface area contributed by atoms with Gasteiger partial charge in [-0.05, 0) is 35.9 Å². The molecule has 0 unspecified atom stereocenters. The van der Waals surface area contributed by atoms with Gasteiger partial charge in [-0.25, -0.2) is 14.2 Å². The van der Waals surface area contributed by atoms with Crippen molar-refractivity contribution < 1.29 is 28.2 Å². The molecule has 0 aliphatic carbocycles. The van der Waals surface area contributed by atoms with Crippen molar-refractivity contribution in [3.8, 4) is 11.1 Å². The summed E-state index contributed by atoms with van der Waals surface area (Å²) < 4.78 is 26.0. The predicted octanol–water partition coefficient (Wildman–Crippen LogP) is 3.51. The van der Waals surface area contributed by atoms with E-state index in [0.29, 0.717) is 49.6 Å². The minimum Gasteiger partial charge on any atom is -0.423 e. The number of amides is 3. The smallest absolute Gasteiger partial charge is 0.416 e. The van der Waals surface area contributed by atoms with Crippen LogP contribution in [0.3, 0.4) is 0 Å². The lowest BCUT2D eigenvalue weighted by Gasteiger charge is -2.35. The van der Waals surface area contributed by atoms with Gasteiger partial charge in [0.15, 0.2) is 6.23 Å². The Bertz CT molecular complexity index is 1400. The predicted molar refractivity (Wildman–Crippen MR) is 151 cm³/mol. The van der Waals surface area contributed by atoms with Gasteiger partial charge in [0.25, 0.3) is 0 Å². The number of likely N-dealkylation sites (N-methyl/N-ethyl adjacent to an activating group) is 1. The Labute approximate surface area is 237 Å². The van der Waals surface area contributed by atoms with Gasteiger partial charge in [0.2, 0.25) is 11.8 Å².